The Balaban J connectivity index is 1.42. The number of imidazole rings is 1. The van der Waals surface area contributed by atoms with Crippen LogP contribution in [0, 0.1) is 0 Å². The Morgan fingerprint density at radius 3 is 2.30 bits per heavy atom. The third-order valence-corrected chi connectivity index (χ3v) is 8.47. The molecule has 1 aliphatic rings. The zero-order valence-electron chi connectivity index (χ0n) is 26.2. The van der Waals surface area contributed by atoms with Crippen molar-refractivity contribution in [2.75, 3.05) is 17.3 Å². The van der Waals surface area contributed by atoms with Gasteiger partial charge in [0.1, 0.15) is 12.0 Å². The second-order valence-corrected chi connectivity index (χ2v) is 11.5. The van der Waals surface area contributed by atoms with Crippen LogP contribution in [0.5, 0.6) is 0 Å². The molecule has 0 saturated carbocycles. The van der Waals surface area contributed by atoms with E-state index in [0.29, 0.717) is 0 Å². The third-order valence-electron chi connectivity index (χ3n) is 8.47. The Hall–Kier alpha value is -5.81. The van der Waals surface area contributed by atoms with E-state index >= 15 is 0 Å². The van der Waals surface area contributed by atoms with Crippen LogP contribution in [0.25, 0.3) is 28.1 Å². The molecule has 1 aromatic heterocycles. The number of allylic oxidation sites excluding steroid dienone is 4. The maximum absolute atomic E-state index is 5.24. The molecule has 7 rings (SSSR count). The van der Waals surface area contributed by atoms with E-state index in [-0.39, 0.29) is 6.17 Å². The second-order valence-electron chi connectivity index (χ2n) is 11.5. The number of para-hydroxylation sites is 6. The van der Waals surface area contributed by atoms with Gasteiger partial charge in [-0.25, -0.2) is 4.98 Å². The van der Waals surface area contributed by atoms with Crippen LogP contribution in [0.2, 0.25) is 0 Å². The summed E-state index contributed by atoms with van der Waals surface area (Å²) in [6, 6.07) is 45.0. The average molecular weight is 600 g/mol. The van der Waals surface area contributed by atoms with Crippen molar-refractivity contribution in [1.82, 2.24) is 14.5 Å². The molecule has 5 aromatic carbocycles. The Kier molecular flexibility index (Phi) is 7.96. The highest BCUT2D eigenvalue weighted by atomic mass is 15.3. The Morgan fingerprint density at radius 2 is 1.54 bits per heavy atom. The van der Waals surface area contributed by atoms with Gasteiger partial charge in [-0.15, -0.1) is 0 Å². The third kappa shape index (κ3) is 5.48. The number of rotatable bonds is 9. The van der Waals surface area contributed by atoms with E-state index < -0.39 is 0 Å². The van der Waals surface area contributed by atoms with Crippen LogP contribution in [0.4, 0.5) is 17.1 Å². The SMILES string of the molecule is C=C/C=C\C(=C/C)N(C)Cc1cc(-c2nc3ccccc3n2-c2ccccc2)cc(C2Nc3ccccc3N2c2ccccc2)c1. The summed E-state index contributed by atoms with van der Waals surface area (Å²) in [5.74, 6) is 0.915. The number of hydrogen-bond acceptors (Lipinski definition) is 4. The molecule has 1 unspecified atom stereocenters. The molecular formula is C41H37N5. The molecule has 0 amide bonds. The quantitative estimate of drug-likeness (QED) is 0.168. The normalized spacial score (nSPS) is 14.4. The molecule has 0 radical (unpaired) electrons. The molecule has 5 nitrogen and oxygen atoms in total. The molecule has 0 fully saturated rings. The molecule has 226 valence electrons. The molecular weight excluding hydrogens is 562 g/mol. The molecule has 0 bridgehead atoms. The number of nitrogens with one attached hydrogen (secondary N) is 1. The molecule has 1 N–H and O–H groups in total. The van der Waals surface area contributed by atoms with Crippen molar-refractivity contribution in [2.45, 2.75) is 19.6 Å². The van der Waals surface area contributed by atoms with Crippen LogP contribution < -0.4 is 10.2 Å². The highest BCUT2D eigenvalue weighted by molar-refractivity contribution is 5.85. The van der Waals surface area contributed by atoms with Crippen LogP contribution >= 0.6 is 0 Å². The summed E-state index contributed by atoms with van der Waals surface area (Å²) in [5.41, 5.74) is 11.1. The number of fused-ring (bicyclic) bond motifs is 2. The summed E-state index contributed by atoms with van der Waals surface area (Å²) >= 11 is 0. The topological polar surface area (TPSA) is 36.3 Å². The first-order valence-corrected chi connectivity index (χ1v) is 15.7. The van der Waals surface area contributed by atoms with Gasteiger partial charge in [0.05, 0.1) is 22.4 Å². The lowest BCUT2D eigenvalue weighted by atomic mass is 10.0. The lowest BCUT2D eigenvalue weighted by Gasteiger charge is -2.29. The molecule has 5 heteroatoms. The predicted molar refractivity (Wildman–Crippen MR) is 192 cm³/mol. The van der Waals surface area contributed by atoms with E-state index in [2.05, 4.69) is 180 Å². The minimum absolute atomic E-state index is 0.111. The van der Waals surface area contributed by atoms with Gasteiger partial charge in [0.25, 0.3) is 0 Å². The average Bonchev–Trinajstić information content (AvgIpc) is 3.69. The summed E-state index contributed by atoms with van der Waals surface area (Å²) < 4.78 is 2.28. The lowest BCUT2D eigenvalue weighted by Crippen LogP contribution is -2.24. The summed E-state index contributed by atoms with van der Waals surface area (Å²) in [6.07, 6.45) is 7.91. The minimum atomic E-state index is -0.111. The van der Waals surface area contributed by atoms with Crippen molar-refractivity contribution in [3.05, 3.63) is 175 Å². The van der Waals surface area contributed by atoms with Gasteiger partial charge in [0.15, 0.2) is 0 Å². The monoisotopic (exact) mass is 599 g/mol. The first-order chi connectivity index (χ1) is 22.6. The van der Waals surface area contributed by atoms with Crippen molar-refractivity contribution in [2.24, 2.45) is 0 Å². The largest absolute Gasteiger partial charge is 0.371 e. The molecule has 0 spiro atoms. The Morgan fingerprint density at radius 1 is 0.848 bits per heavy atom. The number of benzene rings is 5. The number of likely N-dealkylation sites (N-methyl/N-ethyl adjacent to an activating group) is 1. The summed E-state index contributed by atoms with van der Waals surface area (Å²) in [7, 11) is 2.13. The molecule has 46 heavy (non-hydrogen) atoms. The number of hydrogen-bond donors (Lipinski definition) is 1. The number of anilines is 3. The van der Waals surface area contributed by atoms with Gasteiger partial charge in [-0.05, 0) is 84.8 Å². The van der Waals surface area contributed by atoms with E-state index in [9.17, 15) is 0 Å². The highest BCUT2D eigenvalue weighted by Gasteiger charge is 2.32. The van der Waals surface area contributed by atoms with E-state index in [1.165, 1.54) is 5.56 Å². The van der Waals surface area contributed by atoms with Gasteiger partial charge < -0.3 is 15.1 Å². The van der Waals surface area contributed by atoms with E-state index in [4.69, 9.17) is 4.98 Å². The van der Waals surface area contributed by atoms with Crippen molar-refractivity contribution >= 4 is 28.1 Å². The van der Waals surface area contributed by atoms with Crippen LogP contribution in [0.3, 0.4) is 0 Å². The zero-order chi connectivity index (χ0) is 31.5. The fourth-order valence-electron chi connectivity index (χ4n) is 6.40. The van der Waals surface area contributed by atoms with E-state index in [1.54, 1.807) is 0 Å². The zero-order valence-corrected chi connectivity index (χ0v) is 26.2. The highest BCUT2D eigenvalue weighted by Crippen LogP contribution is 2.46. The molecule has 0 saturated heterocycles. The number of aromatic nitrogens is 2. The van der Waals surface area contributed by atoms with Crippen LogP contribution in [0.1, 0.15) is 24.2 Å². The Bertz CT molecular complexity index is 2060. The summed E-state index contributed by atoms with van der Waals surface area (Å²) in [6.45, 7) is 6.65. The molecule has 1 atom stereocenters. The fourth-order valence-corrected chi connectivity index (χ4v) is 6.40. The maximum Gasteiger partial charge on any atom is 0.145 e. The van der Waals surface area contributed by atoms with Crippen molar-refractivity contribution < 1.29 is 0 Å². The van der Waals surface area contributed by atoms with Crippen molar-refractivity contribution in [3.63, 3.8) is 0 Å². The van der Waals surface area contributed by atoms with E-state index in [0.717, 1.165) is 63.0 Å². The molecule has 0 aliphatic carbocycles. The standard InChI is InChI=1S/C41H37N5/c1-4-6-17-33(5-2)44(3)29-30-26-31(40-42-36-22-13-15-24-38(36)45(40)34-18-9-7-10-19-34)28-32(27-30)41-43-37-23-14-16-25-39(37)46(41)35-20-11-8-12-21-35/h4-28,40,42H,1,29H2,2-3H3/b17-6-,33-5+. The summed E-state index contributed by atoms with van der Waals surface area (Å²) in [4.78, 5) is 9.91. The van der Waals surface area contributed by atoms with E-state index in [1.807, 2.05) is 12.2 Å². The predicted octanol–water partition coefficient (Wildman–Crippen LogP) is 10.0. The molecule has 2 heterocycles. The minimum Gasteiger partial charge on any atom is -0.371 e. The number of nitrogens with zero attached hydrogens (tertiary/aromatic N) is 4. The first-order valence-electron chi connectivity index (χ1n) is 15.7. The second kappa shape index (κ2) is 12.7. The van der Waals surface area contributed by atoms with Crippen molar-refractivity contribution in [3.8, 4) is 17.1 Å². The maximum atomic E-state index is 5.24. The van der Waals surface area contributed by atoms with Gasteiger partial charge in [-0.2, -0.15) is 0 Å². The van der Waals surface area contributed by atoms with Crippen LogP contribution in [0.15, 0.2) is 164 Å². The van der Waals surface area contributed by atoms with Gasteiger partial charge in [-0.3, -0.25) is 4.57 Å². The fraction of sp³-hybridized carbons (Fsp3) is 0.0976. The van der Waals surface area contributed by atoms with Gasteiger partial charge >= 0.3 is 0 Å². The Labute approximate surface area is 271 Å². The van der Waals surface area contributed by atoms with Gasteiger partial charge in [0.2, 0.25) is 0 Å². The summed E-state index contributed by atoms with van der Waals surface area (Å²) in [5, 5.41) is 3.84. The van der Waals surface area contributed by atoms with Gasteiger partial charge in [0, 0.05) is 36.2 Å². The lowest BCUT2D eigenvalue weighted by molar-refractivity contribution is 0.423. The molecule has 1 aliphatic heterocycles. The van der Waals surface area contributed by atoms with Gasteiger partial charge in [-0.1, -0.05) is 91.5 Å². The van der Waals surface area contributed by atoms with Crippen molar-refractivity contribution in [1.29, 1.82) is 0 Å². The molecule has 6 aromatic rings. The van der Waals surface area contributed by atoms with Crippen LogP contribution in [-0.2, 0) is 6.54 Å². The van der Waals surface area contributed by atoms with Crippen LogP contribution in [-0.4, -0.2) is 21.5 Å². The smallest absolute Gasteiger partial charge is 0.145 e. The first kappa shape index (κ1) is 28.9.